The summed E-state index contributed by atoms with van der Waals surface area (Å²) in [7, 11) is -3.58. The van der Waals surface area contributed by atoms with Crippen LogP contribution in [0.5, 0.6) is 0 Å². The van der Waals surface area contributed by atoms with E-state index in [4.69, 9.17) is 0 Å². The Kier molecular flexibility index (Phi) is 5.90. The van der Waals surface area contributed by atoms with E-state index in [1.807, 2.05) is 6.92 Å². The molecule has 1 heterocycles. The molecule has 0 amide bonds. The van der Waals surface area contributed by atoms with E-state index in [-0.39, 0.29) is 27.2 Å². The number of H-pyrrole nitrogens is 1. The summed E-state index contributed by atoms with van der Waals surface area (Å²) in [6, 6.07) is 11.0. The Morgan fingerprint density at radius 1 is 1.10 bits per heavy atom. The van der Waals surface area contributed by atoms with Gasteiger partial charge in [0.2, 0.25) is 0 Å². The lowest BCUT2D eigenvalue weighted by Crippen LogP contribution is -2.20. The maximum absolute atomic E-state index is 13.3. The molecule has 0 spiro atoms. The van der Waals surface area contributed by atoms with Crippen molar-refractivity contribution in [2.45, 2.75) is 23.2 Å². The minimum atomic E-state index is -4.66. The summed E-state index contributed by atoms with van der Waals surface area (Å²) in [5.74, 6) is -0.253. The third-order valence-electron chi connectivity index (χ3n) is 4.06. The first kappa shape index (κ1) is 21.2. The van der Waals surface area contributed by atoms with E-state index in [0.717, 1.165) is 34.0 Å². The van der Waals surface area contributed by atoms with Gasteiger partial charge in [-0.05, 0) is 31.2 Å². The number of nitrogens with zero attached hydrogens (tertiary/aromatic N) is 2. The van der Waals surface area contributed by atoms with E-state index in [0.29, 0.717) is 0 Å². The van der Waals surface area contributed by atoms with Gasteiger partial charge in [0.1, 0.15) is 0 Å². The highest BCUT2D eigenvalue weighted by Gasteiger charge is 2.34. The van der Waals surface area contributed by atoms with E-state index in [1.165, 1.54) is 24.3 Å². The molecule has 11 heteroatoms. The standard InChI is InChI=1S/C18H16F3N3O3S2/c1-12-6-8-13(9-7-12)29(26,27)11-10-28-17-23-22-16(25)24(17)15-5-3-2-4-14(15)18(19,20)21/h2-9H,10-11H2,1H3,(H,22,25). The Bertz CT molecular complexity index is 1170. The Labute approximate surface area is 168 Å². The topological polar surface area (TPSA) is 84.8 Å². The van der Waals surface area contributed by atoms with E-state index in [1.54, 1.807) is 12.1 Å². The number of aromatic amines is 1. The molecule has 6 nitrogen and oxygen atoms in total. The lowest BCUT2D eigenvalue weighted by Gasteiger charge is -2.13. The second-order valence-electron chi connectivity index (χ2n) is 6.14. The lowest BCUT2D eigenvalue weighted by atomic mass is 10.1. The zero-order valence-corrected chi connectivity index (χ0v) is 16.7. The number of para-hydroxylation sites is 1. The molecule has 29 heavy (non-hydrogen) atoms. The Morgan fingerprint density at radius 3 is 2.41 bits per heavy atom. The molecule has 0 saturated heterocycles. The summed E-state index contributed by atoms with van der Waals surface area (Å²) in [4.78, 5) is 12.2. The maximum Gasteiger partial charge on any atom is 0.418 e. The molecule has 0 fully saturated rings. The van der Waals surface area contributed by atoms with Gasteiger partial charge in [-0.3, -0.25) is 0 Å². The van der Waals surface area contributed by atoms with Gasteiger partial charge in [-0.1, -0.05) is 41.6 Å². The molecule has 3 aromatic rings. The highest BCUT2D eigenvalue weighted by molar-refractivity contribution is 8.00. The summed E-state index contributed by atoms with van der Waals surface area (Å²) in [5.41, 5.74) is -1.28. The molecule has 154 valence electrons. The van der Waals surface area contributed by atoms with Gasteiger partial charge in [-0.15, -0.1) is 5.10 Å². The molecule has 0 atom stereocenters. The number of thioether (sulfide) groups is 1. The number of rotatable bonds is 6. The minimum absolute atomic E-state index is 0.00862. The number of sulfone groups is 1. The lowest BCUT2D eigenvalue weighted by molar-refractivity contribution is -0.137. The van der Waals surface area contributed by atoms with Crippen LogP contribution < -0.4 is 5.69 Å². The smallest absolute Gasteiger partial charge is 0.246 e. The zero-order chi connectivity index (χ0) is 21.2. The van der Waals surface area contributed by atoms with Crippen LogP contribution in [0.3, 0.4) is 0 Å². The summed E-state index contributed by atoms with van der Waals surface area (Å²) in [6.45, 7) is 1.84. The second-order valence-corrected chi connectivity index (χ2v) is 9.31. The van der Waals surface area contributed by atoms with Gasteiger partial charge in [-0.25, -0.2) is 22.9 Å². The van der Waals surface area contributed by atoms with Crippen LogP contribution in [0.2, 0.25) is 0 Å². The van der Waals surface area contributed by atoms with Crippen LogP contribution in [-0.2, 0) is 16.0 Å². The molecule has 0 aliphatic heterocycles. The molecule has 0 aliphatic carbocycles. The SMILES string of the molecule is Cc1ccc(S(=O)(=O)CCSc2n[nH]c(=O)n2-c2ccccc2C(F)(F)F)cc1. The molecular weight excluding hydrogens is 427 g/mol. The summed E-state index contributed by atoms with van der Waals surface area (Å²) in [6.07, 6.45) is -4.66. The summed E-state index contributed by atoms with van der Waals surface area (Å²) >= 11 is 0.881. The van der Waals surface area contributed by atoms with Crippen LogP contribution in [-0.4, -0.2) is 34.7 Å². The summed E-state index contributed by atoms with van der Waals surface area (Å²) in [5, 5.41) is 5.81. The zero-order valence-electron chi connectivity index (χ0n) is 15.1. The van der Waals surface area contributed by atoms with Crippen LogP contribution in [0.15, 0.2) is 63.4 Å². The highest BCUT2D eigenvalue weighted by atomic mass is 32.2. The van der Waals surface area contributed by atoms with Crippen molar-refractivity contribution in [1.82, 2.24) is 14.8 Å². The van der Waals surface area contributed by atoms with E-state index >= 15 is 0 Å². The van der Waals surface area contributed by atoms with Crippen molar-refractivity contribution >= 4 is 21.6 Å². The van der Waals surface area contributed by atoms with E-state index < -0.39 is 27.3 Å². The van der Waals surface area contributed by atoms with Crippen molar-refractivity contribution in [2.75, 3.05) is 11.5 Å². The minimum Gasteiger partial charge on any atom is -0.246 e. The number of halogens is 3. The first-order valence-electron chi connectivity index (χ1n) is 8.36. The van der Waals surface area contributed by atoms with Gasteiger partial charge in [0.25, 0.3) is 0 Å². The quantitative estimate of drug-likeness (QED) is 0.590. The van der Waals surface area contributed by atoms with Gasteiger partial charge in [0.15, 0.2) is 15.0 Å². The number of benzene rings is 2. The van der Waals surface area contributed by atoms with Crippen molar-refractivity contribution in [1.29, 1.82) is 0 Å². The Morgan fingerprint density at radius 2 is 1.76 bits per heavy atom. The van der Waals surface area contributed by atoms with Crippen LogP contribution in [0, 0.1) is 6.92 Å². The predicted molar refractivity (Wildman–Crippen MR) is 103 cm³/mol. The maximum atomic E-state index is 13.3. The number of aryl methyl sites for hydroxylation is 1. The third kappa shape index (κ3) is 4.73. The molecular formula is C18H16F3N3O3S2. The van der Waals surface area contributed by atoms with Crippen molar-refractivity contribution in [3.05, 3.63) is 70.1 Å². The molecule has 0 bridgehead atoms. The van der Waals surface area contributed by atoms with E-state index in [2.05, 4.69) is 10.2 Å². The fraction of sp³-hybridized carbons (Fsp3) is 0.222. The van der Waals surface area contributed by atoms with Gasteiger partial charge in [0.05, 0.1) is 21.9 Å². The van der Waals surface area contributed by atoms with Gasteiger partial charge in [0, 0.05) is 5.75 Å². The van der Waals surface area contributed by atoms with Crippen LogP contribution in [0.1, 0.15) is 11.1 Å². The average molecular weight is 443 g/mol. The highest BCUT2D eigenvalue weighted by Crippen LogP contribution is 2.34. The Balaban J connectivity index is 1.83. The monoisotopic (exact) mass is 443 g/mol. The van der Waals surface area contributed by atoms with E-state index in [9.17, 15) is 26.4 Å². The molecule has 1 aromatic heterocycles. The van der Waals surface area contributed by atoms with Crippen molar-refractivity contribution in [3.8, 4) is 5.69 Å². The molecule has 0 radical (unpaired) electrons. The third-order valence-corrected chi connectivity index (χ3v) is 6.99. The van der Waals surface area contributed by atoms with Gasteiger partial charge >= 0.3 is 11.9 Å². The van der Waals surface area contributed by atoms with Crippen LogP contribution >= 0.6 is 11.8 Å². The Hall–Kier alpha value is -2.53. The summed E-state index contributed by atoms with van der Waals surface area (Å²) < 4.78 is 65.5. The van der Waals surface area contributed by atoms with Crippen LogP contribution in [0.4, 0.5) is 13.2 Å². The molecule has 1 N–H and O–H groups in total. The molecule has 3 rings (SSSR count). The molecule has 0 saturated carbocycles. The average Bonchev–Trinajstić information content (AvgIpc) is 3.01. The normalized spacial score (nSPS) is 12.3. The van der Waals surface area contributed by atoms with Crippen LogP contribution in [0.25, 0.3) is 5.69 Å². The fourth-order valence-corrected chi connectivity index (χ4v) is 5.21. The van der Waals surface area contributed by atoms with Crippen molar-refractivity contribution in [3.63, 3.8) is 0 Å². The molecule has 0 unspecified atom stereocenters. The number of alkyl halides is 3. The van der Waals surface area contributed by atoms with Gasteiger partial charge in [-0.2, -0.15) is 13.2 Å². The first-order valence-corrected chi connectivity index (χ1v) is 11.0. The molecule has 2 aromatic carbocycles. The largest absolute Gasteiger partial charge is 0.418 e. The number of nitrogens with one attached hydrogen (secondary N) is 1. The molecule has 0 aliphatic rings. The number of hydrogen-bond acceptors (Lipinski definition) is 5. The number of aromatic nitrogens is 3. The first-order chi connectivity index (χ1) is 13.6. The second kappa shape index (κ2) is 8.07. The van der Waals surface area contributed by atoms with Gasteiger partial charge < -0.3 is 0 Å². The van der Waals surface area contributed by atoms with Crippen molar-refractivity contribution in [2.24, 2.45) is 0 Å². The number of hydrogen-bond donors (Lipinski definition) is 1. The van der Waals surface area contributed by atoms with Crippen molar-refractivity contribution < 1.29 is 21.6 Å². The fourth-order valence-electron chi connectivity index (χ4n) is 2.61. The predicted octanol–water partition coefficient (Wildman–Crippen LogP) is 3.45.